The van der Waals surface area contributed by atoms with Gasteiger partial charge in [0.25, 0.3) is 11.8 Å². The highest BCUT2D eigenvalue weighted by Gasteiger charge is 2.27. The van der Waals surface area contributed by atoms with Crippen LogP contribution in [-0.2, 0) is 4.74 Å². The number of nitrogens with zero attached hydrogens (tertiary/aromatic N) is 2. The molecule has 0 atom stereocenters. The van der Waals surface area contributed by atoms with Crippen LogP contribution in [0.2, 0.25) is 0 Å². The second-order valence-corrected chi connectivity index (χ2v) is 6.46. The van der Waals surface area contributed by atoms with E-state index in [4.69, 9.17) is 4.74 Å². The van der Waals surface area contributed by atoms with Gasteiger partial charge in [-0.1, -0.05) is 24.3 Å². The molecule has 1 N–H and O–H groups in total. The molecule has 0 bridgehead atoms. The Bertz CT molecular complexity index is 910. The third-order valence-corrected chi connectivity index (χ3v) is 4.62. The van der Waals surface area contributed by atoms with Gasteiger partial charge in [-0.2, -0.15) is 0 Å². The molecule has 1 aliphatic heterocycles. The smallest absolute Gasteiger partial charge is 0.409 e. The van der Waals surface area contributed by atoms with Crippen molar-refractivity contribution in [3.8, 4) is 0 Å². The van der Waals surface area contributed by atoms with E-state index in [0.717, 1.165) is 0 Å². The summed E-state index contributed by atoms with van der Waals surface area (Å²) in [6, 6.07) is 12.2. The Morgan fingerprint density at radius 3 is 2.17 bits per heavy atom. The minimum Gasteiger partial charge on any atom is -0.450 e. The van der Waals surface area contributed by atoms with Crippen molar-refractivity contribution in [1.82, 2.24) is 9.80 Å². The molecule has 0 unspecified atom stereocenters. The van der Waals surface area contributed by atoms with E-state index < -0.39 is 17.8 Å². The van der Waals surface area contributed by atoms with E-state index in [1.807, 2.05) is 0 Å². The molecule has 1 saturated heterocycles. The number of para-hydroxylation sites is 1. The van der Waals surface area contributed by atoms with Crippen molar-refractivity contribution in [3.05, 3.63) is 65.5 Å². The fourth-order valence-corrected chi connectivity index (χ4v) is 3.09. The average molecular weight is 399 g/mol. The van der Waals surface area contributed by atoms with E-state index in [1.165, 1.54) is 18.2 Å². The maximum absolute atomic E-state index is 13.9. The maximum Gasteiger partial charge on any atom is 0.409 e. The molecule has 3 rings (SSSR count). The summed E-state index contributed by atoms with van der Waals surface area (Å²) in [5.74, 6) is -1.53. The van der Waals surface area contributed by atoms with Crippen molar-refractivity contribution >= 4 is 23.6 Å². The van der Waals surface area contributed by atoms with Crippen molar-refractivity contribution in [2.45, 2.75) is 6.92 Å². The molecule has 7 nitrogen and oxygen atoms in total. The molecule has 2 aromatic carbocycles. The summed E-state index contributed by atoms with van der Waals surface area (Å²) >= 11 is 0. The van der Waals surface area contributed by atoms with Gasteiger partial charge in [0.05, 0.1) is 23.4 Å². The number of halogens is 1. The highest BCUT2D eigenvalue weighted by molar-refractivity contribution is 6.09. The van der Waals surface area contributed by atoms with E-state index in [0.29, 0.717) is 44.0 Å². The molecule has 0 spiro atoms. The number of benzene rings is 2. The average Bonchev–Trinajstić information content (AvgIpc) is 2.74. The highest BCUT2D eigenvalue weighted by atomic mass is 19.1. The van der Waals surface area contributed by atoms with E-state index in [1.54, 1.807) is 47.1 Å². The van der Waals surface area contributed by atoms with Crippen LogP contribution >= 0.6 is 0 Å². The van der Waals surface area contributed by atoms with Gasteiger partial charge in [0.2, 0.25) is 0 Å². The minimum atomic E-state index is -0.635. The summed E-state index contributed by atoms with van der Waals surface area (Å²) in [5, 5.41) is 2.62. The van der Waals surface area contributed by atoms with Gasteiger partial charge < -0.3 is 19.9 Å². The monoisotopic (exact) mass is 399 g/mol. The zero-order chi connectivity index (χ0) is 20.8. The summed E-state index contributed by atoms with van der Waals surface area (Å²) < 4.78 is 18.9. The summed E-state index contributed by atoms with van der Waals surface area (Å²) in [6.45, 7) is 3.49. The molecule has 1 fully saturated rings. The number of ether oxygens (including phenoxy) is 1. The van der Waals surface area contributed by atoms with Gasteiger partial charge in [-0.25, -0.2) is 9.18 Å². The van der Waals surface area contributed by atoms with Crippen molar-refractivity contribution in [1.29, 1.82) is 0 Å². The Hall–Kier alpha value is -3.42. The lowest BCUT2D eigenvalue weighted by atomic mass is 10.1. The molecule has 29 heavy (non-hydrogen) atoms. The van der Waals surface area contributed by atoms with Crippen LogP contribution in [0.4, 0.5) is 14.9 Å². The maximum atomic E-state index is 13.9. The first-order valence-electron chi connectivity index (χ1n) is 9.37. The summed E-state index contributed by atoms with van der Waals surface area (Å²) in [6.07, 6.45) is -0.392. The van der Waals surface area contributed by atoms with Crippen LogP contribution in [0.3, 0.4) is 0 Å². The summed E-state index contributed by atoms with van der Waals surface area (Å²) in [5.41, 5.74) is 0.512. The Kier molecular flexibility index (Phi) is 6.43. The fourth-order valence-electron chi connectivity index (χ4n) is 3.09. The van der Waals surface area contributed by atoms with Crippen molar-refractivity contribution in [3.63, 3.8) is 0 Å². The highest BCUT2D eigenvalue weighted by Crippen LogP contribution is 2.20. The molecule has 0 radical (unpaired) electrons. The Balaban J connectivity index is 1.70. The van der Waals surface area contributed by atoms with Crippen LogP contribution in [0.15, 0.2) is 48.5 Å². The van der Waals surface area contributed by atoms with E-state index in [-0.39, 0.29) is 11.5 Å². The molecule has 0 aliphatic carbocycles. The number of piperazine rings is 1. The van der Waals surface area contributed by atoms with Crippen molar-refractivity contribution < 1.29 is 23.5 Å². The zero-order valence-electron chi connectivity index (χ0n) is 16.1. The van der Waals surface area contributed by atoms with Crippen LogP contribution in [0, 0.1) is 5.82 Å². The van der Waals surface area contributed by atoms with Gasteiger partial charge in [-0.3, -0.25) is 9.59 Å². The second kappa shape index (κ2) is 9.18. The van der Waals surface area contributed by atoms with Gasteiger partial charge in [0.1, 0.15) is 5.82 Å². The molecule has 152 valence electrons. The van der Waals surface area contributed by atoms with Gasteiger partial charge in [-0.15, -0.1) is 0 Å². The molecule has 3 amide bonds. The second-order valence-electron chi connectivity index (χ2n) is 6.46. The summed E-state index contributed by atoms with van der Waals surface area (Å²) in [4.78, 5) is 40.4. The number of amides is 3. The summed E-state index contributed by atoms with van der Waals surface area (Å²) in [7, 11) is 0. The van der Waals surface area contributed by atoms with Gasteiger partial charge in [-0.05, 0) is 31.2 Å². The van der Waals surface area contributed by atoms with Crippen LogP contribution in [0.5, 0.6) is 0 Å². The lowest BCUT2D eigenvalue weighted by molar-refractivity contribution is 0.0571. The largest absolute Gasteiger partial charge is 0.450 e. The van der Waals surface area contributed by atoms with Gasteiger partial charge in [0, 0.05) is 26.2 Å². The standard InChI is InChI=1S/C21H22FN3O4/c1-2-29-21(28)25-13-11-24(12-14-25)20(27)16-8-4-6-10-18(16)23-19(26)15-7-3-5-9-17(15)22/h3-10H,2,11-14H2,1H3,(H,23,26). The molecule has 8 heteroatoms. The van der Waals surface area contributed by atoms with E-state index in [2.05, 4.69) is 5.32 Å². The molecule has 0 saturated carbocycles. The first-order chi connectivity index (χ1) is 14.0. The Morgan fingerprint density at radius 2 is 1.52 bits per heavy atom. The fraction of sp³-hybridized carbons (Fsp3) is 0.286. The lowest BCUT2D eigenvalue weighted by Gasteiger charge is -2.34. The zero-order valence-corrected chi connectivity index (χ0v) is 16.1. The van der Waals surface area contributed by atoms with Crippen LogP contribution in [-0.4, -0.2) is 60.5 Å². The van der Waals surface area contributed by atoms with E-state index >= 15 is 0 Å². The first-order valence-corrected chi connectivity index (χ1v) is 9.37. The number of nitrogens with one attached hydrogen (secondary N) is 1. The number of carbonyl (C=O) groups is 3. The third-order valence-electron chi connectivity index (χ3n) is 4.62. The van der Waals surface area contributed by atoms with Crippen LogP contribution in [0.1, 0.15) is 27.6 Å². The SMILES string of the molecule is CCOC(=O)N1CCN(C(=O)c2ccccc2NC(=O)c2ccccc2F)CC1. The molecule has 2 aromatic rings. The quantitative estimate of drug-likeness (QED) is 0.857. The van der Waals surface area contributed by atoms with E-state index in [9.17, 15) is 18.8 Å². The van der Waals surface area contributed by atoms with Gasteiger partial charge >= 0.3 is 6.09 Å². The Morgan fingerprint density at radius 1 is 0.931 bits per heavy atom. The van der Waals surface area contributed by atoms with Crippen molar-refractivity contribution in [2.75, 3.05) is 38.1 Å². The normalized spacial score (nSPS) is 13.7. The third kappa shape index (κ3) is 4.71. The number of anilines is 1. The Labute approximate surface area is 168 Å². The number of carbonyl (C=O) groups excluding carboxylic acids is 3. The first kappa shape index (κ1) is 20.3. The predicted molar refractivity (Wildman–Crippen MR) is 105 cm³/mol. The number of rotatable bonds is 4. The molecular weight excluding hydrogens is 377 g/mol. The van der Waals surface area contributed by atoms with Crippen LogP contribution < -0.4 is 5.32 Å². The molecule has 1 heterocycles. The minimum absolute atomic E-state index is 0.0993. The lowest BCUT2D eigenvalue weighted by Crippen LogP contribution is -2.50. The molecule has 1 aliphatic rings. The molecular formula is C21H22FN3O4. The van der Waals surface area contributed by atoms with Gasteiger partial charge in [0.15, 0.2) is 0 Å². The predicted octanol–water partition coefficient (Wildman–Crippen LogP) is 2.99. The molecule has 0 aromatic heterocycles. The van der Waals surface area contributed by atoms with Crippen molar-refractivity contribution in [2.24, 2.45) is 0 Å². The van der Waals surface area contributed by atoms with Crippen LogP contribution in [0.25, 0.3) is 0 Å². The number of hydrogen-bond acceptors (Lipinski definition) is 4. The topological polar surface area (TPSA) is 79.0 Å². The number of hydrogen-bond donors (Lipinski definition) is 1.